The molecule has 2 fully saturated rings. The summed E-state index contributed by atoms with van der Waals surface area (Å²) in [5.74, 6) is -0.655. The van der Waals surface area contributed by atoms with Crippen LogP contribution in [0.3, 0.4) is 0 Å². The minimum atomic E-state index is -5.38. The smallest absolute Gasteiger partial charge is 0.433 e. The summed E-state index contributed by atoms with van der Waals surface area (Å²) < 4.78 is 94.7. The van der Waals surface area contributed by atoms with Crippen LogP contribution in [0.25, 0.3) is 0 Å². The molecule has 16 nitrogen and oxygen atoms in total. The van der Waals surface area contributed by atoms with Gasteiger partial charge in [0.25, 0.3) is 0 Å². The van der Waals surface area contributed by atoms with Crippen LogP contribution in [0.1, 0.15) is 81.8 Å². The molecule has 466 valence electrons. The second-order valence-electron chi connectivity index (χ2n) is 22.8. The molecule has 6 aromatic rings. The summed E-state index contributed by atoms with van der Waals surface area (Å²) in [6.45, 7) is 22.5. The van der Waals surface area contributed by atoms with Crippen molar-refractivity contribution in [2.24, 2.45) is 0 Å². The van der Waals surface area contributed by atoms with E-state index in [2.05, 4.69) is 59.5 Å². The van der Waals surface area contributed by atoms with Gasteiger partial charge in [-0.15, -0.1) is 0 Å². The molecule has 0 spiro atoms. The summed E-state index contributed by atoms with van der Waals surface area (Å²) in [7, 11) is -8.04. The van der Waals surface area contributed by atoms with Crippen molar-refractivity contribution < 1.29 is 70.4 Å². The van der Waals surface area contributed by atoms with Crippen LogP contribution in [-0.4, -0.2) is 118 Å². The number of rotatable bonds is 30. The molecule has 8 rings (SSSR count). The summed E-state index contributed by atoms with van der Waals surface area (Å²) in [6.07, 6.45) is -12.1. The Balaban J connectivity index is 0.00000142. The van der Waals surface area contributed by atoms with E-state index in [4.69, 9.17) is 56.1 Å². The fraction of sp³-hybridized carbons (Fsp3) is 0.456. The topological polar surface area (TPSA) is 168 Å². The zero-order valence-electron chi connectivity index (χ0n) is 51.4. The van der Waals surface area contributed by atoms with Crippen LogP contribution in [-0.2, 0) is 105 Å². The van der Waals surface area contributed by atoms with Gasteiger partial charge in [0.05, 0.1) is 52.9 Å². The Hall–Kier alpha value is -5.28. The van der Waals surface area contributed by atoms with Crippen molar-refractivity contribution in [3.63, 3.8) is 0 Å². The van der Waals surface area contributed by atoms with E-state index in [-0.39, 0.29) is 57.9 Å². The molecule has 18 heteroatoms. The molecule has 86 heavy (non-hydrogen) atoms. The summed E-state index contributed by atoms with van der Waals surface area (Å²) in [5.41, 5.74) is 5.08. The van der Waals surface area contributed by atoms with Crippen LogP contribution in [0.2, 0.25) is 18.1 Å². The average molecular weight is 1220 g/mol. The average Bonchev–Trinajstić information content (AvgIpc) is 1.03. The molecule has 2 aliphatic rings. The fourth-order valence-electron chi connectivity index (χ4n) is 9.67. The van der Waals surface area contributed by atoms with Gasteiger partial charge in [-0.05, 0) is 71.1 Å². The van der Waals surface area contributed by atoms with Crippen LogP contribution >= 0.6 is 7.82 Å². The molecular formula is C68H90NO15PSi. The van der Waals surface area contributed by atoms with E-state index in [1.165, 1.54) is 26.6 Å². The Bertz CT molecular complexity index is 2870. The number of phosphoric acid groups is 1. The van der Waals surface area contributed by atoms with E-state index < -0.39 is 83.5 Å². The summed E-state index contributed by atoms with van der Waals surface area (Å²) in [5, 5.41) is -0.255. The van der Waals surface area contributed by atoms with E-state index in [9.17, 15) is 9.69 Å². The Morgan fingerprint density at radius 3 is 1.13 bits per heavy atom. The molecule has 1 N–H and O–H groups in total. The first-order chi connectivity index (χ1) is 41.5. The third kappa shape index (κ3) is 21.5. The molecule has 0 bridgehead atoms. The van der Waals surface area contributed by atoms with Gasteiger partial charge in [-0.25, -0.2) is 4.57 Å². The summed E-state index contributed by atoms with van der Waals surface area (Å²) >= 11 is 0. The van der Waals surface area contributed by atoms with Crippen molar-refractivity contribution in [1.82, 2.24) is 4.90 Å². The Kier molecular flexibility index (Phi) is 27.3. The maximum atomic E-state index is 15.4. The molecule has 2 aliphatic heterocycles. The first-order valence-electron chi connectivity index (χ1n) is 29.9. The first kappa shape index (κ1) is 68.2. The lowest BCUT2D eigenvalue weighted by Crippen LogP contribution is -2.64. The maximum absolute atomic E-state index is 15.4. The zero-order valence-corrected chi connectivity index (χ0v) is 53.3. The normalized spacial score (nSPS) is 23.2. The Labute approximate surface area is 511 Å². The quantitative estimate of drug-likeness (QED) is 0.0257. The van der Waals surface area contributed by atoms with Gasteiger partial charge < -0.3 is 56.9 Å². The van der Waals surface area contributed by atoms with Crippen LogP contribution in [0.15, 0.2) is 182 Å². The van der Waals surface area contributed by atoms with Gasteiger partial charge in [0.15, 0.2) is 14.6 Å². The molecular weight excluding hydrogens is 1130 g/mol. The number of carbonyl (C=O) groups is 1. The number of hydrogen-bond acceptors (Lipinski definition) is 15. The zero-order chi connectivity index (χ0) is 61.4. The molecule has 6 aromatic carbocycles. The Morgan fingerprint density at radius 1 is 0.477 bits per heavy atom. The number of nitrogens with zero attached hydrogens (tertiary/aromatic N) is 1. The number of ether oxygens (including phenoxy) is 9. The Morgan fingerprint density at radius 2 is 0.791 bits per heavy atom. The third-order valence-electron chi connectivity index (χ3n) is 15.5. The molecule has 0 radical (unpaired) electrons. The van der Waals surface area contributed by atoms with Gasteiger partial charge >= 0.3 is 13.8 Å². The lowest BCUT2D eigenvalue weighted by atomic mass is 9.98. The number of phosphoric ester groups is 1. The van der Waals surface area contributed by atoms with Crippen molar-refractivity contribution in [3.8, 4) is 0 Å². The highest BCUT2D eigenvalue weighted by Crippen LogP contribution is 2.51. The van der Waals surface area contributed by atoms with Gasteiger partial charge in [0, 0.05) is 6.92 Å². The lowest BCUT2D eigenvalue weighted by molar-refractivity contribution is -0.316. The largest absolute Gasteiger partial charge is 0.475 e. The third-order valence-corrected chi connectivity index (χ3v) is 20.9. The highest BCUT2D eigenvalue weighted by molar-refractivity contribution is 7.47. The van der Waals surface area contributed by atoms with Crippen molar-refractivity contribution >= 4 is 22.1 Å². The molecule has 0 aromatic heterocycles. The van der Waals surface area contributed by atoms with E-state index in [0.29, 0.717) is 0 Å². The number of hydrogen-bond donors (Lipinski definition) is 1. The van der Waals surface area contributed by atoms with Crippen molar-refractivity contribution in [1.29, 1.82) is 0 Å². The first-order valence-corrected chi connectivity index (χ1v) is 34.3. The SMILES string of the molecule is CC(=O)OC1O[C@H](COCc2ccccc2)[C@@H](OP(=O)(O)O[C@H]2O[C@H](COCc3ccccc3)[C@@H](O[Si](C)(C)C(C)(C)C)[C@H](OCc3ccccc3)[C@H]2OCc2ccccc2)[C@H](OCc2ccccc2)[C@H]1OCc1ccccc1.CCN(CC)CC. The predicted molar refractivity (Wildman–Crippen MR) is 333 cm³/mol. The highest BCUT2D eigenvalue weighted by Gasteiger charge is 2.56. The molecule has 2 heterocycles. The molecule has 0 aliphatic carbocycles. The summed E-state index contributed by atoms with van der Waals surface area (Å²) in [6, 6.07) is 57.3. The van der Waals surface area contributed by atoms with Crippen molar-refractivity contribution in [2.45, 2.75) is 168 Å². The highest BCUT2D eigenvalue weighted by atomic mass is 31.2. The monoisotopic (exact) mass is 1220 g/mol. The lowest BCUT2D eigenvalue weighted by Gasteiger charge is -2.50. The number of benzene rings is 6. The van der Waals surface area contributed by atoms with Crippen LogP contribution in [0.5, 0.6) is 0 Å². The van der Waals surface area contributed by atoms with Crippen molar-refractivity contribution in [3.05, 3.63) is 215 Å². The molecule has 11 atom stereocenters. The second kappa shape index (κ2) is 34.5. The second-order valence-corrected chi connectivity index (χ2v) is 29.0. The van der Waals surface area contributed by atoms with E-state index in [1.807, 2.05) is 182 Å². The van der Waals surface area contributed by atoms with Crippen molar-refractivity contribution in [2.75, 3.05) is 32.8 Å². The van der Waals surface area contributed by atoms with E-state index in [0.717, 1.165) is 33.4 Å². The van der Waals surface area contributed by atoms with Gasteiger partial charge in [-0.1, -0.05) is 224 Å². The van der Waals surface area contributed by atoms with Crippen LogP contribution in [0.4, 0.5) is 0 Å². The van der Waals surface area contributed by atoms with E-state index in [1.54, 1.807) is 0 Å². The van der Waals surface area contributed by atoms with Gasteiger partial charge in [-0.3, -0.25) is 13.8 Å². The fourth-order valence-corrected chi connectivity index (χ4v) is 12.0. The minimum Gasteiger partial charge on any atom is -0.433 e. The minimum absolute atomic E-state index is 0.000613. The molecule has 0 saturated carbocycles. The molecule has 2 saturated heterocycles. The van der Waals surface area contributed by atoms with Crippen LogP contribution < -0.4 is 0 Å². The van der Waals surface area contributed by atoms with Gasteiger partial charge in [-0.2, -0.15) is 0 Å². The maximum Gasteiger partial charge on any atom is 0.475 e. The predicted octanol–water partition coefficient (Wildman–Crippen LogP) is 13.0. The summed E-state index contributed by atoms with van der Waals surface area (Å²) in [4.78, 5) is 27.8. The van der Waals surface area contributed by atoms with Gasteiger partial charge in [0.2, 0.25) is 6.29 Å². The molecule has 0 amide bonds. The number of esters is 1. The standard InChI is InChI=1S/C62H75O15PSi.C6H15N/c1-45(63)72-60-58(70-41-50-33-21-11-22-34-50)56(68-39-48-29-17-9-18-30-48)54(52(73-60)43-66-37-46-25-13-7-14-26-46)75-78(64,65)76-61-59(71-42-51-35-23-12-24-36-51)57(69-40-49-31-19-10-20-32-49)55(77-79(5,6)62(2,3)4)53(74-61)44-67-38-47-27-15-8-16-28-47;1-4-7(5-2)6-3/h7-36,52-61H,37-44H2,1-6H3,(H,64,65);4-6H2,1-3H3/t52-,53-,54-,55-,56+,57+,58-,59-,60?,61-;/m1./s1. The number of carbonyl (C=O) groups excluding carboxylic acids is 1. The van der Waals surface area contributed by atoms with Crippen LogP contribution in [0, 0.1) is 0 Å². The van der Waals surface area contributed by atoms with Gasteiger partial charge in [0.1, 0.15) is 48.8 Å². The van der Waals surface area contributed by atoms with E-state index >= 15 is 4.57 Å². The molecule has 2 unspecified atom stereocenters.